The van der Waals surface area contributed by atoms with E-state index in [-0.39, 0.29) is 0 Å². The molecule has 0 spiro atoms. The molecular weight excluding hydrogens is 286 g/mol. The van der Waals surface area contributed by atoms with Gasteiger partial charge in [-0.2, -0.15) is 5.26 Å². The maximum Gasteiger partial charge on any atom is 0.102 e. The van der Waals surface area contributed by atoms with Gasteiger partial charge in [0.15, 0.2) is 0 Å². The van der Waals surface area contributed by atoms with Crippen molar-refractivity contribution in [3.63, 3.8) is 0 Å². The molecule has 0 N–H and O–H groups in total. The molecule has 0 saturated heterocycles. The van der Waals surface area contributed by atoms with E-state index in [0.29, 0.717) is 10.6 Å². The number of hydrogen-bond donors (Lipinski definition) is 0. The van der Waals surface area contributed by atoms with E-state index in [2.05, 4.69) is 36.4 Å². The first-order valence-corrected chi connectivity index (χ1v) is 7.32. The minimum atomic E-state index is 0.498. The summed E-state index contributed by atoms with van der Waals surface area (Å²) in [5.41, 5.74) is 0.535. The second kappa shape index (κ2) is 5.58. The SMILES string of the molecule is N#Cc1c(Cl)cccc1Sc1ccc2ccccc2c1. The predicted octanol–water partition coefficient (Wildman–Crippen LogP) is 5.52. The molecule has 0 radical (unpaired) electrons. The summed E-state index contributed by atoms with van der Waals surface area (Å²) in [5, 5.41) is 12.1. The number of hydrogen-bond acceptors (Lipinski definition) is 2. The van der Waals surface area contributed by atoms with Gasteiger partial charge in [0, 0.05) is 9.79 Å². The summed E-state index contributed by atoms with van der Waals surface area (Å²) in [6.07, 6.45) is 0. The summed E-state index contributed by atoms with van der Waals surface area (Å²) in [5.74, 6) is 0. The van der Waals surface area contributed by atoms with Gasteiger partial charge in [-0.15, -0.1) is 0 Å². The van der Waals surface area contributed by atoms with Crippen LogP contribution in [0.4, 0.5) is 0 Å². The van der Waals surface area contributed by atoms with Crippen LogP contribution >= 0.6 is 23.4 Å². The smallest absolute Gasteiger partial charge is 0.102 e. The Labute approximate surface area is 126 Å². The molecule has 0 aromatic heterocycles. The molecule has 0 aliphatic carbocycles. The van der Waals surface area contributed by atoms with E-state index in [0.717, 1.165) is 9.79 Å². The van der Waals surface area contributed by atoms with E-state index >= 15 is 0 Å². The van der Waals surface area contributed by atoms with Gasteiger partial charge in [-0.25, -0.2) is 0 Å². The highest BCUT2D eigenvalue weighted by molar-refractivity contribution is 7.99. The summed E-state index contributed by atoms with van der Waals surface area (Å²) in [4.78, 5) is 1.98. The lowest BCUT2D eigenvalue weighted by Gasteiger charge is -2.06. The second-order valence-corrected chi connectivity index (χ2v) is 5.86. The van der Waals surface area contributed by atoms with E-state index in [1.54, 1.807) is 17.8 Å². The second-order valence-electron chi connectivity index (χ2n) is 4.34. The summed E-state index contributed by atoms with van der Waals surface area (Å²) in [7, 11) is 0. The minimum Gasteiger partial charge on any atom is -0.192 e. The van der Waals surface area contributed by atoms with Crippen molar-refractivity contribution in [3.8, 4) is 6.07 Å². The average Bonchev–Trinajstić information content (AvgIpc) is 2.47. The third-order valence-corrected chi connectivity index (χ3v) is 4.40. The first-order valence-electron chi connectivity index (χ1n) is 6.13. The Morgan fingerprint density at radius 1 is 0.900 bits per heavy atom. The number of rotatable bonds is 2. The Balaban J connectivity index is 2.02. The lowest BCUT2D eigenvalue weighted by atomic mass is 10.1. The largest absolute Gasteiger partial charge is 0.192 e. The number of nitrogens with zero attached hydrogens (tertiary/aromatic N) is 1. The van der Waals surface area contributed by atoms with Crippen LogP contribution in [0.3, 0.4) is 0 Å². The fourth-order valence-corrected chi connectivity index (χ4v) is 3.31. The number of halogens is 1. The lowest BCUT2D eigenvalue weighted by molar-refractivity contribution is 1.35. The van der Waals surface area contributed by atoms with Crippen LogP contribution in [-0.4, -0.2) is 0 Å². The van der Waals surface area contributed by atoms with Gasteiger partial charge in [0.25, 0.3) is 0 Å². The van der Waals surface area contributed by atoms with Crippen molar-refractivity contribution in [1.82, 2.24) is 0 Å². The monoisotopic (exact) mass is 295 g/mol. The predicted molar refractivity (Wildman–Crippen MR) is 84.2 cm³/mol. The zero-order valence-corrected chi connectivity index (χ0v) is 12.1. The Hall–Kier alpha value is -1.95. The Kier molecular flexibility index (Phi) is 3.64. The molecule has 0 aliphatic heterocycles. The number of fused-ring (bicyclic) bond motifs is 1. The van der Waals surface area contributed by atoms with E-state index in [9.17, 15) is 5.26 Å². The first-order chi connectivity index (χ1) is 9.78. The molecule has 0 unspecified atom stereocenters. The van der Waals surface area contributed by atoms with Crippen LogP contribution in [0.5, 0.6) is 0 Å². The molecule has 0 amide bonds. The quantitative estimate of drug-likeness (QED) is 0.622. The molecule has 0 atom stereocenters. The maximum absolute atomic E-state index is 9.20. The molecule has 0 aliphatic rings. The summed E-state index contributed by atoms with van der Waals surface area (Å²) in [6, 6.07) is 22.2. The molecule has 96 valence electrons. The third-order valence-electron chi connectivity index (χ3n) is 3.04. The number of benzene rings is 3. The molecule has 3 aromatic rings. The fraction of sp³-hybridized carbons (Fsp3) is 0. The normalized spacial score (nSPS) is 10.4. The number of nitriles is 1. The Morgan fingerprint density at radius 2 is 1.70 bits per heavy atom. The fourth-order valence-electron chi connectivity index (χ4n) is 2.06. The maximum atomic E-state index is 9.20. The van der Waals surface area contributed by atoms with Crippen molar-refractivity contribution in [2.24, 2.45) is 0 Å². The highest BCUT2D eigenvalue weighted by Crippen LogP contribution is 2.34. The first kappa shape index (κ1) is 13.1. The van der Waals surface area contributed by atoms with Crippen molar-refractivity contribution in [3.05, 3.63) is 71.2 Å². The molecule has 0 saturated carbocycles. The van der Waals surface area contributed by atoms with Crippen molar-refractivity contribution in [2.45, 2.75) is 9.79 Å². The van der Waals surface area contributed by atoms with Gasteiger partial charge >= 0.3 is 0 Å². The molecule has 3 heteroatoms. The minimum absolute atomic E-state index is 0.498. The lowest BCUT2D eigenvalue weighted by Crippen LogP contribution is -1.83. The molecule has 3 rings (SSSR count). The van der Waals surface area contributed by atoms with Gasteiger partial charge in [-0.3, -0.25) is 0 Å². The van der Waals surface area contributed by atoms with Gasteiger partial charge in [-0.05, 0) is 35.0 Å². The molecule has 3 aromatic carbocycles. The molecule has 20 heavy (non-hydrogen) atoms. The van der Waals surface area contributed by atoms with E-state index in [1.807, 2.05) is 24.3 Å². The third kappa shape index (κ3) is 2.51. The highest BCUT2D eigenvalue weighted by Gasteiger charge is 2.08. The van der Waals surface area contributed by atoms with Crippen LogP contribution in [0.15, 0.2) is 70.5 Å². The molecule has 1 nitrogen and oxygen atoms in total. The molecule has 0 fully saturated rings. The van der Waals surface area contributed by atoms with Crippen LogP contribution in [0, 0.1) is 11.3 Å². The summed E-state index contributed by atoms with van der Waals surface area (Å²) >= 11 is 7.62. The standard InChI is InChI=1S/C17H10ClNS/c18-16-6-3-7-17(15(16)11-19)20-14-9-8-12-4-1-2-5-13(12)10-14/h1-10H. The molecule has 0 bridgehead atoms. The highest BCUT2D eigenvalue weighted by atomic mass is 35.5. The van der Waals surface area contributed by atoms with Gasteiger partial charge < -0.3 is 0 Å². The van der Waals surface area contributed by atoms with Crippen molar-refractivity contribution >= 4 is 34.1 Å². The van der Waals surface area contributed by atoms with Crippen LogP contribution < -0.4 is 0 Å². The zero-order chi connectivity index (χ0) is 13.9. The van der Waals surface area contributed by atoms with E-state index in [1.165, 1.54) is 10.8 Å². The zero-order valence-electron chi connectivity index (χ0n) is 10.5. The topological polar surface area (TPSA) is 23.8 Å². The Morgan fingerprint density at radius 3 is 2.50 bits per heavy atom. The van der Waals surface area contributed by atoms with Crippen LogP contribution in [0.25, 0.3) is 10.8 Å². The van der Waals surface area contributed by atoms with Gasteiger partial charge in [0.1, 0.15) is 6.07 Å². The van der Waals surface area contributed by atoms with Crippen LogP contribution in [0.1, 0.15) is 5.56 Å². The molecule has 0 heterocycles. The summed E-state index contributed by atoms with van der Waals surface area (Å²) in [6.45, 7) is 0. The molecular formula is C17H10ClNS. The van der Waals surface area contributed by atoms with Crippen molar-refractivity contribution < 1.29 is 0 Å². The average molecular weight is 296 g/mol. The van der Waals surface area contributed by atoms with Crippen LogP contribution in [-0.2, 0) is 0 Å². The van der Waals surface area contributed by atoms with Crippen molar-refractivity contribution in [2.75, 3.05) is 0 Å². The van der Waals surface area contributed by atoms with E-state index in [4.69, 9.17) is 11.6 Å². The van der Waals surface area contributed by atoms with Gasteiger partial charge in [0.05, 0.1) is 10.6 Å². The van der Waals surface area contributed by atoms with E-state index < -0.39 is 0 Å². The van der Waals surface area contributed by atoms with Gasteiger partial charge in [-0.1, -0.05) is 59.8 Å². The van der Waals surface area contributed by atoms with Crippen molar-refractivity contribution in [1.29, 1.82) is 5.26 Å². The Bertz CT molecular complexity index is 821. The van der Waals surface area contributed by atoms with Gasteiger partial charge in [0.2, 0.25) is 0 Å². The van der Waals surface area contributed by atoms with Crippen LogP contribution in [0.2, 0.25) is 5.02 Å². The summed E-state index contributed by atoms with van der Waals surface area (Å²) < 4.78 is 0.